The molecule has 0 saturated carbocycles. The van der Waals surface area contributed by atoms with Crippen LogP contribution < -0.4 is 10.1 Å². The van der Waals surface area contributed by atoms with Gasteiger partial charge in [0.1, 0.15) is 11.8 Å². The fourth-order valence-electron chi connectivity index (χ4n) is 2.05. The first-order valence-electron chi connectivity index (χ1n) is 6.82. The number of ether oxygens (including phenoxy) is 3. The van der Waals surface area contributed by atoms with Gasteiger partial charge in [0, 0.05) is 12.6 Å². The van der Waals surface area contributed by atoms with Gasteiger partial charge >= 0.3 is 0 Å². The molecule has 2 unspecified atom stereocenters. The molecule has 1 heterocycles. The Hall–Kier alpha value is -1.61. The second kappa shape index (κ2) is 7.85. The van der Waals surface area contributed by atoms with Crippen LogP contribution in [0, 0.1) is 11.3 Å². The maximum atomic E-state index is 8.46. The maximum Gasteiger partial charge on any atom is 0.174 e. The molecule has 0 radical (unpaired) electrons. The lowest BCUT2D eigenvalue weighted by atomic mass is 10.1. The highest BCUT2D eigenvalue weighted by atomic mass is 16.6. The Balaban J connectivity index is 1.79. The zero-order chi connectivity index (χ0) is 14.2. The highest BCUT2D eigenvalue weighted by Crippen LogP contribution is 2.17. The minimum atomic E-state index is 0.0756. The third kappa shape index (κ3) is 4.49. The molecular weight excluding hydrogens is 256 g/mol. The lowest BCUT2D eigenvalue weighted by Crippen LogP contribution is -2.38. The summed E-state index contributed by atoms with van der Waals surface area (Å²) in [7, 11) is 0. The standard InChI is InChI=1S/C15H20N2O3/c1-12(17-10-15-11-18-8-9-20-15)13-2-4-14(5-3-13)19-7-6-16/h2-5,12,15,17H,7-11H2,1H3. The monoisotopic (exact) mass is 276 g/mol. The second-order valence-electron chi connectivity index (χ2n) is 4.71. The summed E-state index contributed by atoms with van der Waals surface area (Å²) in [5.74, 6) is 0.714. The van der Waals surface area contributed by atoms with E-state index in [1.165, 1.54) is 5.56 Å². The van der Waals surface area contributed by atoms with Crippen molar-refractivity contribution in [2.45, 2.75) is 19.1 Å². The van der Waals surface area contributed by atoms with E-state index in [2.05, 4.69) is 12.2 Å². The SMILES string of the molecule is CC(NCC1COCCO1)c1ccc(OCC#N)cc1. The average Bonchev–Trinajstić information content (AvgIpc) is 2.52. The van der Waals surface area contributed by atoms with E-state index in [-0.39, 0.29) is 18.8 Å². The van der Waals surface area contributed by atoms with Gasteiger partial charge in [-0.15, -0.1) is 0 Å². The van der Waals surface area contributed by atoms with Gasteiger partial charge in [-0.1, -0.05) is 12.1 Å². The van der Waals surface area contributed by atoms with Crippen molar-refractivity contribution < 1.29 is 14.2 Å². The summed E-state index contributed by atoms with van der Waals surface area (Å²) in [6, 6.07) is 9.94. The van der Waals surface area contributed by atoms with E-state index < -0.39 is 0 Å². The smallest absolute Gasteiger partial charge is 0.174 e. The average molecular weight is 276 g/mol. The lowest BCUT2D eigenvalue weighted by molar-refractivity contribution is -0.0869. The summed E-state index contributed by atoms with van der Waals surface area (Å²) in [5.41, 5.74) is 1.17. The van der Waals surface area contributed by atoms with Crippen molar-refractivity contribution in [1.29, 1.82) is 5.26 Å². The first kappa shape index (κ1) is 14.8. The van der Waals surface area contributed by atoms with Crippen LogP contribution in [-0.4, -0.2) is 39.1 Å². The minimum absolute atomic E-state index is 0.0756. The quantitative estimate of drug-likeness (QED) is 0.856. The van der Waals surface area contributed by atoms with Gasteiger partial charge in [-0.3, -0.25) is 0 Å². The molecule has 1 N–H and O–H groups in total. The lowest BCUT2D eigenvalue weighted by Gasteiger charge is -2.25. The van der Waals surface area contributed by atoms with Crippen LogP contribution in [0.3, 0.4) is 0 Å². The largest absolute Gasteiger partial charge is 0.479 e. The zero-order valence-corrected chi connectivity index (χ0v) is 11.7. The Morgan fingerprint density at radius 2 is 2.20 bits per heavy atom. The van der Waals surface area contributed by atoms with Gasteiger partial charge in [0.05, 0.1) is 25.9 Å². The van der Waals surface area contributed by atoms with E-state index >= 15 is 0 Å². The number of rotatable bonds is 6. The van der Waals surface area contributed by atoms with Gasteiger partial charge in [-0.05, 0) is 24.6 Å². The predicted molar refractivity (Wildman–Crippen MR) is 74.5 cm³/mol. The summed E-state index contributed by atoms with van der Waals surface area (Å²) in [6.07, 6.45) is 0.129. The van der Waals surface area contributed by atoms with Gasteiger partial charge in [-0.2, -0.15) is 5.26 Å². The van der Waals surface area contributed by atoms with Crippen LogP contribution in [-0.2, 0) is 9.47 Å². The van der Waals surface area contributed by atoms with E-state index in [9.17, 15) is 0 Å². The van der Waals surface area contributed by atoms with Crippen LogP contribution in [0.4, 0.5) is 0 Å². The molecular formula is C15H20N2O3. The van der Waals surface area contributed by atoms with Crippen LogP contribution in [0.1, 0.15) is 18.5 Å². The molecule has 0 bridgehead atoms. The maximum absolute atomic E-state index is 8.46. The Bertz CT molecular complexity index is 435. The fraction of sp³-hybridized carbons (Fsp3) is 0.533. The number of nitriles is 1. The normalized spacial score (nSPS) is 20.1. The van der Waals surface area contributed by atoms with Gasteiger partial charge in [-0.25, -0.2) is 0 Å². The Kier molecular flexibility index (Phi) is 5.81. The zero-order valence-electron chi connectivity index (χ0n) is 11.7. The van der Waals surface area contributed by atoms with Crippen LogP contribution in [0.2, 0.25) is 0 Å². The van der Waals surface area contributed by atoms with Crippen LogP contribution in [0.5, 0.6) is 5.75 Å². The van der Waals surface area contributed by atoms with E-state index in [0.29, 0.717) is 25.6 Å². The first-order chi connectivity index (χ1) is 9.79. The molecule has 2 atom stereocenters. The summed E-state index contributed by atoms with van der Waals surface area (Å²) < 4.78 is 16.2. The van der Waals surface area contributed by atoms with Crippen molar-refractivity contribution in [2.75, 3.05) is 33.0 Å². The Morgan fingerprint density at radius 1 is 1.40 bits per heavy atom. The summed E-state index contributed by atoms with van der Waals surface area (Å²) >= 11 is 0. The van der Waals surface area contributed by atoms with Gasteiger partial charge in [0.2, 0.25) is 0 Å². The molecule has 1 aromatic rings. The van der Waals surface area contributed by atoms with Crippen molar-refractivity contribution in [3.8, 4) is 11.8 Å². The minimum Gasteiger partial charge on any atom is -0.479 e. The van der Waals surface area contributed by atoms with Crippen LogP contribution in [0.15, 0.2) is 24.3 Å². The highest BCUT2D eigenvalue weighted by molar-refractivity contribution is 5.29. The van der Waals surface area contributed by atoms with E-state index in [4.69, 9.17) is 19.5 Å². The Morgan fingerprint density at radius 3 is 2.85 bits per heavy atom. The molecule has 1 aliphatic heterocycles. The van der Waals surface area contributed by atoms with Crippen LogP contribution in [0.25, 0.3) is 0 Å². The van der Waals surface area contributed by atoms with Gasteiger partial charge in [0.25, 0.3) is 0 Å². The topological polar surface area (TPSA) is 63.5 Å². The first-order valence-corrected chi connectivity index (χ1v) is 6.82. The van der Waals surface area contributed by atoms with Crippen molar-refractivity contribution in [2.24, 2.45) is 0 Å². The molecule has 1 aliphatic rings. The summed E-state index contributed by atoms with van der Waals surface area (Å²) in [6.45, 7) is 4.97. The Labute approximate surface area is 119 Å². The molecule has 5 heteroatoms. The van der Waals surface area contributed by atoms with Gasteiger partial charge < -0.3 is 19.5 Å². The number of nitrogens with zero attached hydrogens (tertiary/aromatic N) is 1. The molecule has 108 valence electrons. The molecule has 1 fully saturated rings. The molecule has 0 amide bonds. The molecule has 0 spiro atoms. The van der Waals surface area contributed by atoms with Crippen molar-refractivity contribution in [3.63, 3.8) is 0 Å². The molecule has 5 nitrogen and oxygen atoms in total. The molecule has 0 aliphatic carbocycles. The van der Waals surface area contributed by atoms with E-state index in [1.54, 1.807) is 0 Å². The number of hydrogen-bond donors (Lipinski definition) is 1. The predicted octanol–water partition coefficient (Wildman–Crippen LogP) is 1.65. The molecule has 1 saturated heterocycles. The third-order valence-corrected chi connectivity index (χ3v) is 3.22. The summed E-state index contributed by atoms with van der Waals surface area (Å²) in [5, 5.41) is 11.9. The third-order valence-electron chi connectivity index (χ3n) is 3.22. The van der Waals surface area contributed by atoms with Crippen molar-refractivity contribution in [1.82, 2.24) is 5.32 Å². The van der Waals surface area contributed by atoms with Crippen molar-refractivity contribution in [3.05, 3.63) is 29.8 Å². The van der Waals surface area contributed by atoms with E-state index in [1.807, 2.05) is 30.3 Å². The van der Waals surface area contributed by atoms with Crippen LogP contribution >= 0.6 is 0 Å². The number of nitrogens with one attached hydrogen (secondary N) is 1. The van der Waals surface area contributed by atoms with E-state index in [0.717, 1.165) is 6.54 Å². The molecule has 1 aromatic carbocycles. The van der Waals surface area contributed by atoms with Gasteiger partial charge in [0.15, 0.2) is 6.61 Å². The number of benzene rings is 1. The summed E-state index contributed by atoms with van der Waals surface area (Å²) in [4.78, 5) is 0. The second-order valence-corrected chi connectivity index (χ2v) is 4.71. The number of hydrogen-bond acceptors (Lipinski definition) is 5. The molecule has 0 aromatic heterocycles. The fourth-order valence-corrected chi connectivity index (χ4v) is 2.05. The highest BCUT2D eigenvalue weighted by Gasteiger charge is 2.15. The van der Waals surface area contributed by atoms with Crippen molar-refractivity contribution >= 4 is 0 Å². The molecule has 2 rings (SSSR count). The molecule has 20 heavy (non-hydrogen) atoms.